The van der Waals surface area contributed by atoms with Crippen LogP contribution in [0.15, 0.2) is 36.4 Å². The maximum atomic E-state index is 13.6. The van der Waals surface area contributed by atoms with E-state index in [9.17, 15) is 9.18 Å². The number of halogens is 3. The molecular weight excluding hydrogens is 342 g/mol. The van der Waals surface area contributed by atoms with Crippen molar-refractivity contribution in [3.63, 3.8) is 0 Å². The highest BCUT2D eigenvalue weighted by Crippen LogP contribution is 2.25. The summed E-state index contributed by atoms with van der Waals surface area (Å²) in [5, 5.41) is 5.75. The Labute approximate surface area is 141 Å². The van der Waals surface area contributed by atoms with Gasteiger partial charge in [0.05, 0.1) is 19.2 Å². The first-order chi connectivity index (χ1) is 11.0. The summed E-state index contributed by atoms with van der Waals surface area (Å²) in [4.78, 5) is 11.9. The lowest BCUT2D eigenvalue weighted by Gasteiger charge is -2.06. The third kappa shape index (κ3) is 3.02. The van der Waals surface area contributed by atoms with Crippen molar-refractivity contribution in [1.82, 2.24) is 9.78 Å². The fourth-order valence-corrected chi connectivity index (χ4v) is 2.79. The number of methoxy groups -OCH3 is 1. The number of hydrogen-bond acceptors (Lipinski definition) is 3. The van der Waals surface area contributed by atoms with E-state index in [1.807, 2.05) is 0 Å². The second-order valence-electron chi connectivity index (χ2n) is 4.90. The molecule has 0 aliphatic heterocycles. The summed E-state index contributed by atoms with van der Waals surface area (Å²) in [6, 6.07) is 9.18. The summed E-state index contributed by atoms with van der Waals surface area (Å²) in [6.07, 6.45) is 0. The molecule has 0 fully saturated rings. The van der Waals surface area contributed by atoms with Gasteiger partial charge in [0.1, 0.15) is 5.82 Å². The van der Waals surface area contributed by atoms with E-state index in [0.717, 1.165) is 5.56 Å². The van der Waals surface area contributed by atoms with Gasteiger partial charge in [0, 0.05) is 15.4 Å². The van der Waals surface area contributed by atoms with Crippen LogP contribution in [0.4, 0.5) is 4.39 Å². The van der Waals surface area contributed by atoms with Crippen molar-refractivity contribution in [3.05, 3.63) is 63.5 Å². The van der Waals surface area contributed by atoms with Crippen molar-refractivity contribution in [2.24, 2.45) is 0 Å². The zero-order valence-corrected chi connectivity index (χ0v) is 13.5. The molecule has 118 valence electrons. The molecule has 23 heavy (non-hydrogen) atoms. The topological polar surface area (TPSA) is 44.1 Å². The van der Waals surface area contributed by atoms with Crippen LogP contribution < -0.4 is 0 Å². The van der Waals surface area contributed by atoms with Gasteiger partial charge in [-0.05, 0) is 35.9 Å². The molecule has 3 aromatic rings. The van der Waals surface area contributed by atoms with Crippen LogP contribution in [0.3, 0.4) is 0 Å². The van der Waals surface area contributed by atoms with Gasteiger partial charge < -0.3 is 4.74 Å². The molecule has 0 N–H and O–H groups in total. The zero-order chi connectivity index (χ0) is 16.6. The van der Waals surface area contributed by atoms with E-state index in [0.29, 0.717) is 20.9 Å². The van der Waals surface area contributed by atoms with Gasteiger partial charge in [-0.15, -0.1) is 0 Å². The lowest BCUT2D eigenvalue weighted by Crippen LogP contribution is -2.06. The van der Waals surface area contributed by atoms with E-state index in [4.69, 9.17) is 27.9 Å². The van der Waals surface area contributed by atoms with Crippen molar-refractivity contribution < 1.29 is 13.9 Å². The average Bonchev–Trinajstić information content (AvgIpc) is 2.87. The number of esters is 1. The Kier molecular flexibility index (Phi) is 4.24. The number of aromatic nitrogens is 2. The second-order valence-corrected chi connectivity index (χ2v) is 5.74. The Morgan fingerprint density at radius 2 is 2.04 bits per heavy atom. The summed E-state index contributed by atoms with van der Waals surface area (Å²) in [5.41, 5.74) is 1.37. The molecule has 1 heterocycles. The van der Waals surface area contributed by atoms with Crippen molar-refractivity contribution in [2.45, 2.75) is 6.54 Å². The SMILES string of the molecule is COC(=O)c1nn(Cc2ccc(Cl)cc2Cl)c2cc(F)ccc12. The van der Waals surface area contributed by atoms with E-state index in [2.05, 4.69) is 5.10 Å². The second kappa shape index (κ2) is 6.18. The van der Waals surface area contributed by atoms with Gasteiger partial charge in [-0.2, -0.15) is 5.10 Å². The monoisotopic (exact) mass is 352 g/mol. The predicted octanol–water partition coefficient (Wildman–Crippen LogP) is 4.32. The molecule has 1 aromatic heterocycles. The Balaban J connectivity index is 2.13. The summed E-state index contributed by atoms with van der Waals surface area (Å²) in [5.74, 6) is -1.00. The smallest absolute Gasteiger partial charge is 0.359 e. The molecule has 4 nitrogen and oxygen atoms in total. The van der Waals surface area contributed by atoms with E-state index >= 15 is 0 Å². The number of benzene rings is 2. The van der Waals surface area contributed by atoms with Gasteiger partial charge >= 0.3 is 5.97 Å². The number of fused-ring (bicyclic) bond motifs is 1. The molecule has 0 atom stereocenters. The molecule has 0 bridgehead atoms. The van der Waals surface area contributed by atoms with Gasteiger partial charge in [-0.3, -0.25) is 4.68 Å². The molecule has 0 aliphatic carbocycles. The fourth-order valence-electron chi connectivity index (χ4n) is 2.33. The Bertz CT molecular complexity index is 908. The van der Waals surface area contributed by atoms with Crippen LogP contribution in [0.1, 0.15) is 16.1 Å². The summed E-state index contributed by atoms with van der Waals surface area (Å²) < 4.78 is 19.8. The van der Waals surface area contributed by atoms with Crippen LogP contribution in [-0.4, -0.2) is 22.9 Å². The number of hydrogen-bond donors (Lipinski definition) is 0. The summed E-state index contributed by atoms with van der Waals surface area (Å²) in [7, 11) is 1.27. The quantitative estimate of drug-likeness (QED) is 0.659. The van der Waals surface area contributed by atoms with E-state index in [1.165, 1.54) is 30.0 Å². The lowest BCUT2D eigenvalue weighted by atomic mass is 10.2. The minimum absolute atomic E-state index is 0.132. The van der Waals surface area contributed by atoms with Crippen LogP contribution in [0, 0.1) is 5.82 Å². The molecule has 2 aromatic carbocycles. The third-order valence-electron chi connectivity index (χ3n) is 3.43. The van der Waals surface area contributed by atoms with E-state index in [1.54, 1.807) is 18.2 Å². The fraction of sp³-hybridized carbons (Fsp3) is 0.125. The molecule has 0 spiro atoms. The van der Waals surface area contributed by atoms with Crippen molar-refractivity contribution in [3.8, 4) is 0 Å². The third-order valence-corrected chi connectivity index (χ3v) is 4.01. The highest BCUT2D eigenvalue weighted by Gasteiger charge is 2.18. The van der Waals surface area contributed by atoms with Crippen molar-refractivity contribution in [2.75, 3.05) is 7.11 Å². The highest BCUT2D eigenvalue weighted by atomic mass is 35.5. The highest BCUT2D eigenvalue weighted by molar-refractivity contribution is 6.35. The Morgan fingerprint density at radius 3 is 2.74 bits per heavy atom. The zero-order valence-electron chi connectivity index (χ0n) is 12.0. The first kappa shape index (κ1) is 15.8. The number of rotatable bonds is 3. The van der Waals surface area contributed by atoms with Gasteiger partial charge in [-0.25, -0.2) is 9.18 Å². The van der Waals surface area contributed by atoms with Crippen molar-refractivity contribution >= 4 is 40.1 Å². The number of ether oxygens (including phenoxy) is 1. The molecule has 0 amide bonds. The molecule has 0 aliphatic rings. The summed E-state index contributed by atoms with van der Waals surface area (Å²) in [6.45, 7) is 0.271. The minimum Gasteiger partial charge on any atom is -0.464 e. The number of carbonyl (C=O) groups is 1. The Morgan fingerprint density at radius 1 is 1.26 bits per heavy atom. The van der Waals surface area contributed by atoms with Crippen LogP contribution in [0.5, 0.6) is 0 Å². The summed E-state index contributed by atoms with van der Waals surface area (Å²) >= 11 is 12.0. The molecule has 0 saturated carbocycles. The first-order valence-corrected chi connectivity index (χ1v) is 7.43. The van der Waals surface area contributed by atoms with Crippen LogP contribution in [0.25, 0.3) is 10.9 Å². The van der Waals surface area contributed by atoms with Crippen LogP contribution in [-0.2, 0) is 11.3 Å². The van der Waals surface area contributed by atoms with Gasteiger partial charge in [0.15, 0.2) is 5.69 Å². The van der Waals surface area contributed by atoms with E-state index in [-0.39, 0.29) is 12.2 Å². The lowest BCUT2D eigenvalue weighted by molar-refractivity contribution is 0.0595. The first-order valence-electron chi connectivity index (χ1n) is 6.68. The average molecular weight is 353 g/mol. The standard InChI is InChI=1S/C16H11Cl2FN2O2/c1-23-16(22)15-12-5-4-11(19)7-14(12)21(20-15)8-9-2-3-10(17)6-13(9)18/h2-7H,8H2,1H3. The maximum Gasteiger partial charge on any atom is 0.359 e. The van der Waals surface area contributed by atoms with Crippen LogP contribution >= 0.6 is 23.2 Å². The molecular formula is C16H11Cl2FN2O2. The molecule has 0 saturated heterocycles. The van der Waals surface area contributed by atoms with Crippen molar-refractivity contribution in [1.29, 1.82) is 0 Å². The number of carbonyl (C=O) groups excluding carboxylic acids is 1. The number of nitrogens with zero attached hydrogens (tertiary/aromatic N) is 2. The van der Waals surface area contributed by atoms with Gasteiger partial charge in [0.2, 0.25) is 0 Å². The minimum atomic E-state index is -0.581. The molecule has 7 heteroatoms. The Hall–Kier alpha value is -2.11. The largest absolute Gasteiger partial charge is 0.464 e. The molecule has 0 unspecified atom stereocenters. The van der Waals surface area contributed by atoms with E-state index < -0.39 is 11.8 Å². The normalized spacial score (nSPS) is 11.0. The maximum absolute atomic E-state index is 13.6. The molecule has 0 radical (unpaired) electrons. The van der Waals surface area contributed by atoms with Gasteiger partial charge in [-0.1, -0.05) is 29.3 Å². The molecule has 3 rings (SSSR count). The van der Waals surface area contributed by atoms with Gasteiger partial charge in [0.25, 0.3) is 0 Å². The van der Waals surface area contributed by atoms with Crippen LogP contribution in [0.2, 0.25) is 10.0 Å². The predicted molar refractivity (Wildman–Crippen MR) is 86.6 cm³/mol.